The molecular formula is C20H36N4O3. The third-order valence-corrected chi connectivity index (χ3v) is 6.38. The summed E-state index contributed by atoms with van der Waals surface area (Å²) in [5.74, 6) is 0.619. The van der Waals surface area contributed by atoms with Gasteiger partial charge in [0, 0.05) is 58.5 Å². The molecule has 7 nitrogen and oxygen atoms in total. The first-order valence-electron chi connectivity index (χ1n) is 10.7. The number of nitrogens with zero attached hydrogens (tertiary/aromatic N) is 4. The Morgan fingerprint density at radius 2 is 1.63 bits per heavy atom. The number of hydrogen-bond donors (Lipinski definition) is 0. The quantitative estimate of drug-likeness (QED) is 0.695. The van der Waals surface area contributed by atoms with E-state index in [0.29, 0.717) is 18.6 Å². The molecule has 154 valence electrons. The van der Waals surface area contributed by atoms with Crippen molar-refractivity contribution in [2.24, 2.45) is 5.92 Å². The molecule has 0 radical (unpaired) electrons. The van der Waals surface area contributed by atoms with Gasteiger partial charge < -0.3 is 19.4 Å². The number of amides is 2. The second-order valence-corrected chi connectivity index (χ2v) is 8.21. The Balaban J connectivity index is 1.46. The fourth-order valence-electron chi connectivity index (χ4n) is 4.59. The zero-order valence-corrected chi connectivity index (χ0v) is 17.1. The van der Waals surface area contributed by atoms with Crippen LogP contribution >= 0.6 is 0 Å². The molecule has 0 unspecified atom stereocenters. The van der Waals surface area contributed by atoms with E-state index in [9.17, 15) is 9.59 Å². The predicted octanol–water partition coefficient (Wildman–Crippen LogP) is 0.500. The second kappa shape index (κ2) is 9.85. The number of hydrogen-bond acceptors (Lipinski definition) is 5. The number of piperidine rings is 2. The molecule has 3 heterocycles. The number of rotatable bonds is 5. The summed E-state index contributed by atoms with van der Waals surface area (Å²) >= 11 is 0. The highest BCUT2D eigenvalue weighted by Crippen LogP contribution is 2.25. The molecule has 0 aromatic heterocycles. The molecule has 0 N–H and O–H groups in total. The number of carbonyl (C=O) groups excluding carboxylic acids is 2. The zero-order valence-electron chi connectivity index (χ0n) is 17.1. The normalized spacial score (nSPS) is 26.4. The van der Waals surface area contributed by atoms with E-state index in [1.165, 1.54) is 0 Å². The van der Waals surface area contributed by atoms with Gasteiger partial charge in [0.05, 0.1) is 5.92 Å². The van der Waals surface area contributed by atoms with E-state index in [1.54, 1.807) is 0 Å². The summed E-state index contributed by atoms with van der Waals surface area (Å²) in [6, 6.07) is 0.504. The number of carbonyl (C=O) groups is 2. The summed E-state index contributed by atoms with van der Waals surface area (Å²) in [6.45, 7) is 9.99. The molecule has 3 rings (SSSR count). The first-order valence-corrected chi connectivity index (χ1v) is 10.7. The van der Waals surface area contributed by atoms with Crippen molar-refractivity contribution in [3.05, 3.63) is 0 Å². The van der Waals surface area contributed by atoms with Crippen LogP contribution in [-0.2, 0) is 14.3 Å². The van der Waals surface area contributed by atoms with Crippen molar-refractivity contribution < 1.29 is 14.3 Å². The summed E-state index contributed by atoms with van der Waals surface area (Å²) in [5, 5.41) is 0. The maximum absolute atomic E-state index is 12.9. The summed E-state index contributed by atoms with van der Waals surface area (Å²) in [7, 11) is 2.12. The minimum absolute atomic E-state index is 0.108. The van der Waals surface area contributed by atoms with Gasteiger partial charge in [0.2, 0.25) is 11.8 Å². The second-order valence-electron chi connectivity index (χ2n) is 8.21. The minimum atomic E-state index is 0.108. The van der Waals surface area contributed by atoms with Crippen LogP contribution in [0.4, 0.5) is 0 Å². The monoisotopic (exact) mass is 380 g/mol. The van der Waals surface area contributed by atoms with Crippen LogP contribution in [0.1, 0.15) is 32.6 Å². The Hall–Kier alpha value is -1.18. The van der Waals surface area contributed by atoms with E-state index >= 15 is 0 Å². The van der Waals surface area contributed by atoms with E-state index < -0.39 is 0 Å². The molecule has 7 heteroatoms. The highest BCUT2D eigenvalue weighted by atomic mass is 16.5. The van der Waals surface area contributed by atoms with Gasteiger partial charge in [0.15, 0.2) is 0 Å². The third-order valence-electron chi connectivity index (χ3n) is 6.38. The Labute approximate surface area is 163 Å². The lowest BCUT2D eigenvalue weighted by Gasteiger charge is -2.43. The highest BCUT2D eigenvalue weighted by molar-refractivity contribution is 5.79. The van der Waals surface area contributed by atoms with Gasteiger partial charge in [0.25, 0.3) is 0 Å². The molecule has 3 fully saturated rings. The fraction of sp³-hybridized carbons (Fsp3) is 0.900. The average Bonchev–Trinajstić information content (AvgIpc) is 2.72. The molecule has 0 aromatic rings. The number of likely N-dealkylation sites (tertiary alicyclic amines) is 2. The van der Waals surface area contributed by atoms with Gasteiger partial charge in [0.1, 0.15) is 6.61 Å². The minimum Gasteiger partial charge on any atom is -0.372 e. The molecule has 0 saturated carbocycles. The lowest BCUT2D eigenvalue weighted by atomic mass is 9.92. The Bertz CT molecular complexity index is 499. The molecule has 0 spiro atoms. The fourth-order valence-corrected chi connectivity index (χ4v) is 4.59. The van der Waals surface area contributed by atoms with Crippen LogP contribution in [0.25, 0.3) is 0 Å². The van der Waals surface area contributed by atoms with Crippen LogP contribution in [-0.4, -0.2) is 110 Å². The van der Waals surface area contributed by atoms with E-state index in [4.69, 9.17) is 4.74 Å². The summed E-state index contributed by atoms with van der Waals surface area (Å²) in [4.78, 5) is 33.9. The van der Waals surface area contributed by atoms with Gasteiger partial charge in [-0.15, -0.1) is 0 Å². The molecule has 2 amide bonds. The average molecular weight is 381 g/mol. The molecule has 0 aromatic carbocycles. The largest absolute Gasteiger partial charge is 0.372 e. The summed E-state index contributed by atoms with van der Waals surface area (Å²) in [5.41, 5.74) is 0. The van der Waals surface area contributed by atoms with Crippen LogP contribution in [0, 0.1) is 5.92 Å². The highest BCUT2D eigenvalue weighted by Gasteiger charge is 2.34. The lowest BCUT2D eigenvalue weighted by Crippen LogP contribution is -2.54. The van der Waals surface area contributed by atoms with Crippen molar-refractivity contribution >= 4 is 11.8 Å². The van der Waals surface area contributed by atoms with Gasteiger partial charge in [-0.3, -0.25) is 14.5 Å². The lowest BCUT2D eigenvalue weighted by molar-refractivity contribution is -0.139. The van der Waals surface area contributed by atoms with Crippen LogP contribution < -0.4 is 0 Å². The molecule has 3 aliphatic heterocycles. The molecule has 27 heavy (non-hydrogen) atoms. The van der Waals surface area contributed by atoms with Crippen molar-refractivity contribution in [3.63, 3.8) is 0 Å². The van der Waals surface area contributed by atoms with Crippen molar-refractivity contribution in [1.82, 2.24) is 19.6 Å². The molecule has 0 bridgehead atoms. The van der Waals surface area contributed by atoms with E-state index in [-0.39, 0.29) is 18.4 Å². The third kappa shape index (κ3) is 5.42. The summed E-state index contributed by atoms with van der Waals surface area (Å²) < 4.78 is 5.25. The maximum atomic E-state index is 12.9. The topological polar surface area (TPSA) is 56.3 Å². The van der Waals surface area contributed by atoms with Gasteiger partial charge in [-0.2, -0.15) is 0 Å². The van der Waals surface area contributed by atoms with Crippen molar-refractivity contribution in [3.8, 4) is 0 Å². The van der Waals surface area contributed by atoms with Crippen LogP contribution in [0.2, 0.25) is 0 Å². The number of ether oxygens (including phenoxy) is 1. The Morgan fingerprint density at radius 3 is 2.30 bits per heavy atom. The van der Waals surface area contributed by atoms with Crippen LogP contribution in [0.5, 0.6) is 0 Å². The number of piperazine rings is 1. The maximum Gasteiger partial charge on any atom is 0.248 e. The van der Waals surface area contributed by atoms with Gasteiger partial charge in [-0.1, -0.05) is 0 Å². The van der Waals surface area contributed by atoms with E-state index in [2.05, 4.69) is 21.7 Å². The van der Waals surface area contributed by atoms with E-state index in [0.717, 1.165) is 78.0 Å². The molecular weight excluding hydrogens is 344 g/mol. The first-order chi connectivity index (χ1) is 13.1. The molecule has 1 atom stereocenters. The smallest absolute Gasteiger partial charge is 0.248 e. The molecule has 3 saturated heterocycles. The van der Waals surface area contributed by atoms with Crippen LogP contribution in [0.3, 0.4) is 0 Å². The summed E-state index contributed by atoms with van der Waals surface area (Å²) in [6.07, 6.45) is 4.14. The van der Waals surface area contributed by atoms with Crippen LogP contribution in [0.15, 0.2) is 0 Å². The van der Waals surface area contributed by atoms with Gasteiger partial charge in [-0.05, 0) is 46.2 Å². The van der Waals surface area contributed by atoms with E-state index in [1.807, 2.05) is 11.8 Å². The van der Waals surface area contributed by atoms with Crippen molar-refractivity contribution in [2.75, 3.05) is 72.6 Å². The first kappa shape index (κ1) is 20.6. The van der Waals surface area contributed by atoms with Crippen molar-refractivity contribution in [1.29, 1.82) is 0 Å². The van der Waals surface area contributed by atoms with Crippen molar-refractivity contribution in [2.45, 2.75) is 38.6 Å². The predicted molar refractivity (Wildman–Crippen MR) is 104 cm³/mol. The SMILES string of the molecule is CCOCC(=O)N1CCC(N2CCC[C@@H](C(=O)N3CCN(C)CC3)C2)CC1. The Kier molecular flexibility index (Phi) is 7.49. The van der Waals surface area contributed by atoms with Gasteiger partial charge in [-0.25, -0.2) is 0 Å². The molecule has 3 aliphatic rings. The molecule has 0 aliphatic carbocycles. The standard InChI is InChI=1S/C20H36N4O3/c1-3-27-16-19(25)22-9-6-18(7-10-22)24-8-4-5-17(15-24)20(26)23-13-11-21(2)12-14-23/h17-18H,3-16H2,1-2H3/t17-/m1/s1. The number of likely N-dealkylation sites (N-methyl/N-ethyl adjacent to an activating group) is 1. The Morgan fingerprint density at radius 1 is 0.926 bits per heavy atom. The van der Waals surface area contributed by atoms with Gasteiger partial charge >= 0.3 is 0 Å². The zero-order chi connectivity index (χ0) is 19.2.